The molecule has 0 heteroatoms. The first-order valence-electron chi connectivity index (χ1n) is 7.58. The highest BCUT2D eigenvalue weighted by molar-refractivity contribution is 5.51. The molecule has 100 valence electrons. The molecule has 0 atom stereocenters. The molecule has 1 aromatic rings. The number of hydrogen-bond donors (Lipinski definition) is 0. The molecule has 18 heavy (non-hydrogen) atoms. The molecule has 0 amide bonds. The van der Waals surface area contributed by atoms with E-state index < -0.39 is 0 Å². The van der Waals surface area contributed by atoms with Crippen molar-refractivity contribution in [3.63, 3.8) is 0 Å². The maximum atomic E-state index is 3.88. The zero-order valence-corrected chi connectivity index (χ0v) is 12.0. The molecule has 0 unspecified atom stereocenters. The maximum Gasteiger partial charge on any atom is -0.0230 e. The molecule has 0 aliphatic heterocycles. The first-order chi connectivity index (χ1) is 8.88. The first-order valence-corrected chi connectivity index (χ1v) is 7.58. The molecular formula is C18H28. The van der Waals surface area contributed by atoms with Gasteiger partial charge < -0.3 is 0 Å². The normalized spacial score (nSPS) is 10.5. The molecule has 0 aliphatic carbocycles. The summed E-state index contributed by atoms with van der Waals surface area (Å²) < 4.78 is 0. The van der Waals surface area contributed by atoms with Gasteiger partial charge in [-0.3, -0.25) is 0 Å². The largest absolute Gasteiger partial charge is 0.0985 e. The Morgan fingerprint density at radius 1 is 0.889 bits per heavy atom. The van der Waals surface area contributed by atoms with Crippen LogP contribution in [0, 0.1) is 0 Å². The second kappa shape index (κ2) is 9.94. The number of hydrogen-bond acceptors (Lipinski definition) is 0. The van der Waals surface area contributed by atoms with Gasteiger partial charge in [-0.1, -0.05) is 88.8 Å². The van der Waals surface area contributed by atoms with Gasteiger partial charge in [0.25, 0.3) is 0 Å². The highest BCUT2D eigenvalue weighted by atomic mass is 14.0. The van der Waals surface area contributed by atoms with Crippen LogP contribution in [0.25, 0.3) is 6.08 Å². The van der Waals surface area contributed by atoms with Gasteiger partial charge >= 0.3 is 0 Å². The topological polar surface area (TPSA) is 0 Å². The molecule has 0 aliphatic rings. The summed E-state index contributed by atoms with van der Waals surface area (Å²) in [5.74, 6) is 0. The Balaban J connectivity index is 2.09. The molecule has 0 aromatic heterocycles. The fourth-order valence-corrected chi connectivity index (χ4v) is 2.41. The van der Waals surface area contributed by atoms with Gasteiger partial charge in [0.1, 0.15) is 0 Å². The molecule has 0 saturated heterocycles. The summed E-state index contributed by atoms with van der Waals surface area (Å²) in [6.45, 7) is 6.15. The van der Waals surface area contributed by atoms with Gasteiger partial charge in [0.2, 0.25) is 0 Å². The van der Waals surface area contributed by atoms with Gasteiger partial charge in [0.05, 0.1) is 0 Å². The minimum atomic E-state index is 1.21. The summed E-state index contributed by atoms with van der Waals surface area (Å²) in [5, 5.41) is 0. The third-order valence-corrected chi connectivity index (χ3v) is 3.57. The van der Waals surface area contributed by atoms with Crippen molar-refractivity contribution < 1.29 is 0 Å². The van der Waals surface area contributed by atoms with Crippen LogP contribution in [0.4, 0.5) is 0 Å². The van der Waals surface area contributed by atoms with Crippen LogP contribution < -0.4 is 0 Å². The Morgan fingerprint density at radius 3 is 2.17 bits per heavy atom. The van der Waals surface area contributed by atoms with E-state index in [1.54, 1.807) is 0 Å². The molecule has 0 spiro atoms. The summed E-state index contributed by atoms with van der Waals surface area (Å²) >= 11 is 0. The van der Waals surface area contributed by atoms with Crippen molar-refractivity contribution in [2.24, 2.45) is 0 Å². The molecule has 0 heterocycles. The number of rotatable bonds is 10. The second-order valence-corrected chi connectivity index (χ2v) is 5.13. The van der Waals surface area contributed by atoms with Gasteiger partial charge in [-0.05, 0) is 24.0 Å². The van der Waals surface area contributed by atoms with Gasteiger partial charge in [-0.25, -0.2) is 0 Å². The standard InChI is InChI=1S/C18H28/c1-3-5-6-7-8-9-10-11-15-18-16-13-12-14-17(18)4-2/h4,12-14,16H,2-3,5-11,15H2,1H3. The second-order valence-electron chi connectivity index (χ2n) is 5.13. The van der Waals surface area contributed by atoms with E-state index in [9.17, 15) is 0 Å². The van der Waals surface area contributed by atoms with Crippen LogP contribution in [-0.4, -0.2) is 0 Å². The zero-order chi connectivity index (χ0) is 13.1. The Morgan fingerprint density at radius 2 is 1.50 bits per heavy atom. The van der Waals surface area contributed by atoms with Gasteiger partial charge in [-0.2, -0.15) is 0 Å². The SMILES string of the molecule is C=Cc1ccccc1CCCCCCCCCC. The monoisotopic (exact) mass is 244 g/mol. The molecule has 0 saturated carbocycles. The van der Waals surface area contributed by atoms with E-state index in [0.29, 0.717) is 0 Å². The average Bonchev–Trinajstić information content (AvgIpc) is 2.42. The van der Waals surface area contributed by atoms with Gasteiger partial charge in [0, 0.05) is 0 Å². The third-order valence-electron chi connectivity index (χ3n) is 3.57. The lowest BCUT2D eigenvalue weighted by molar-refractivity contribution is 0.575. The van der Waals surface area contributed by atoms with Crippen LogP contribution in [0.2, 0.25) is 0 Å². The number of benzene rings is 1. The van der Waals surface area contributed by atoms with E-state index in [1.807, 2.05) is 6.08 Å². The molecule has 0 nitrogen and oxygen atoms in total. The lowest BCUT2D eigenvalue weighted by Gasteiger charge is -2.05. The Kier molecular flexibility index (Phi) is 8.29. The molecule has 0 N–H and O–H groups in total. The van der Waals surface area contributed by atoms with Crippen molar-refractivity contribution >= 4 is 6.08 Å². The molecule has 0 radical (unpaired) electrons. The highest BCUT2D eigenvalue weighted by Gasteiger charge is 1.98. The predicted octanol–water partition coefficient (Wildman–Crippen LogP) is 6.01. The Bertz CT molecular complexity index is 325. The highest BCUT2D eigenvalue weighted by Crippen LogP contribution is 2.15. The third kappa shape index (κ3) is 6.05. The summed E-state index contributed by atoms with van der Waals surface area (Å²) in [5.41, 5.74) is 2.76. The summed E-state index contributed by atoms with van der Waals surface area (Å²) in [4.78, 5) is 0. The van der Waals surface area contributed by atoms with Crippen LogP contribution >= 0.6 is 0 Å². The lowest BCUT2D eigenvalue weighted by Crippen LogP contribution is -1.89. The van der Waals surface area contributed by atoms with Crippen LogP contribution in [0.5, 0.6) is 0 Å². The van der Waals surface area contributed by atoms with Crippen molar-refractivity contribution in [3.05, 3.63) is 42.0 Å². The van der Waals surface area contributed by atoms with E-state index in [0.717, 1.165) is 0 Å². The van der Waals surface area contributed by atoms with E-state index >= 15 is 0 Å². The number of aryl methyl sites for hydroxylation is 1. The molecular weight excluding hydrogens is 216 g/mol. The van der Waals surface area contributed by atoms with Crippen LogP contribution in [0.1, 0.15) is 69.4 Å². The molecule has 1 rings (SSSR count). The zero-order valence-electron chi connectivity index (χ0n) is 12.0. The smallest absolute Gasteiger partial charge is 0.0230 e. The molecule has 0 fully saturated rings. The summed E-state index contributed by atoms with van der Waals surface area (Å²) in [6, 6.07) is 8.62. The van der Waals surface area contributed by atoms with Crippen LogP contribution in [-0.2, 0) is 6.42 Å². The van der Waals surface area contributed by atoms with Crippen molar-refractivity contribution in [2.45, 2.75) is 64.7 Å². The maximum absolute atomic E-state index is 3.88. The molecule has 1 aromatic carbocycles. The fraction of sp³-hybridized carbons (Fsp3) is 0.556. The van der Waals surface area contributed by atoms with E-state index in [4.69, 9.17) is 0 Å². The predicted molar refractivity (Wildman–Crippen MR) is 82.8 cm³/mol. The van der Waals surface area contributed by atoms with E-state index in [1.165, 1.54) is 68.9 Å². The minimum Gasteiger partial charge on any atom is -0.0985 e. The van der Waals surface area contributed by atoms with Crippen molar-refractivity contribution in [1.82, 2.24) is 0 Å². The van der Waals surface area contributed by atoms with Gasteiger partial charge in [-0.15, -0.1) is 0 Å². The Hall–Kier alpha value is -1.04. The first kappa shape index (κ1) is 15.0. The van der Waals surface area contributed by atoms with Crippen LogP contribution in [0.3, 0.4) is 0 Å². The molecule has 0 bridgehead atoms. The van der Waals surface area contributed by atoms with Crippen LogP contribution in [0.15, 0.2) is 30.8 Å². The summed E-state index contributed by atoms with van der Waals surface area (Å²) in [7, 11) is 0. The van der Waals surface area contributed by atoms with Crippen molar-refractivity contribution in [1.29, 1.82) is 0 Å². The quantitative estimate of drug-likeness (QED) is 0.442. The minimum absolute atomic E-state index is 1.21. The van der Waals surface area contributed by atoms with E-state index in [-0.39, 0.29) is 0 Å². The van der Waals surface area contributed by atoms with E-state index in [2.05, 4.69) is 37.8 Å². The Labute approximate surface area is 113 Å². The van der Waals surface area contributed by atoms with Crippen molar-refractivity contribution in [2.75, 3.05) is 0 Å². The fourth-order valence-electron chi connectivity index (χ4n) is 2.41. The number of unbranched alkanes of at least 4 members (excludes halogenated alkanes) is 7. The average molecular weight is 244 g/mol. The van der Waals surface area contributed by atoms with Crippen molar-refractivity contribution in [3.8, 4) is 0 Å². The lowest BCUT2D eigenvalue weighted by atomic mass is 10.0. The summed E-state index contributed by atoms with van der Waals surface area (Å²) in [6.07, 6.45) is 14.3. The van der Waals surface area contributed by atoms with Gasteiger partial charge in [0.15, 0.2) is 0 Å².